The Hall–Kier alpha value is -4.34. The van der Waals surface area contributed by atoms with Gasteiger partial charge in [-0.1, -0.05) is 48.5 Å². The molecule has 0 atom stereocenters. The molecule has 10 nitrogen and oxygen atoms in total. The topological polar surface area (TPSA) is 151 Å². The summed E-state index contributed by atoms with van der Waals surface area (Å²) < 4.78 is 1.52. The second-order valence-electron chi connectivity index (χ2n) is 6.28. The largest absolute Gasteiger partial charge is 0.465 e. The molecule has 1 aromatic heterocycles. The number of carboxylic acid groups (broad SMARTS) is 1. The van der Waals surface area contributed by atoms with E-state index >= 15 is 0 Å². The highest BCUT2D eigenvalue weighted by Crippen LogP contribution is 2.28. The average Bonchev–Trinajstić information content (AvgIpc) is 3.04. The van der Waals surface area contributed by atoms with Crippen molar-refractivity contribution in [1.82, 2.24) is 15.1 Å². The van der Waals surface area contributed by atoms with Gasteiger partial charge in [-0.15, -0.1) is 0 Å². The summed E-state index contributed by atoms with van der Waals surface area (Å²) in [5.41, 5.74) is 7.17. The van der Waals surface area contributed by atoms with Gasteiger partial charge < -0.3 is 26.8 Å². The fraction of sp³-hybridized carbons (Fsp3) is 0.100. The summed E-state index contributed by atoms with van der Waals surface area (Å²) in [6.07, 6.45) is -1.35. The zero-order valence-corrected chi connectivity index (χ0v) is 15.8. The Labute approximate surface area is 171 Å². The first-order valence-electron chi connectivity index (χ1n) is 8.97. The van der Waals surface area contributed by atoms with E-state index in [0.717, 1.165) is 5.56 Å². The van der Waals surface area contributed by atoms with E-state index < -0.39 is 24.5 Å². The maximum absolute atomic E-state index is 12.2. The van der Waals surface area contributed by atoms with Gasteiger partial charge in [0.25, 0.3) is 5.91 Å². The molecule has 0 aliphatic carbocycles. The second kappa shape index (κ2) is 9.24. The number of anilines is 3. The number of aromatic nitrogens is 2. The van der Waals surface area contributed by atoms with Crippen LogP contribution in [0.15, 0.2) is 60.7 Å². The van der Waals surface area contributed by atoms with Gasteiger partial charge in [0.1, 0.15) is 17.9 Å². The lowest BCUT2D eigenvalue weighted by Gasteiger charge is -2.11. The van der Waals surface area contributed by atoms with Gasteiger partial charge in [0, 0.05) is 5.69 Å². The second-order valence-corrected chi connectivity index (χ2v) is 6.28. The summed E-state index contributed by atoms with van der Waals surface area (Å²) in [6, 6.07) is 18.5. The van der Waals surface area contributed by atoms with Gasteiger partial charge in [0.15, 0.2) is 5.82 Å². The van der Waals surface area contributed by atoms with Gasteiger partial charge in [0.05, 0.1) is 6.54 Å². The number of carbonyl (C=O) groups is 3. The highest BCUT2D eigenvalue weighted by atomic mass is 16.4. The number of nitrogens with two attached hydrogens (primary N) is 1. The molecule has 3 aromatic rings. The van der Waals surface area contributed by atoms with Crippen molar-refractivity contribution >= 4 is 35.2 Å². The first-order chi connectivity index (χ1) is 14.4. The Morgan fingerprint density at radius 2 is 1.63 bits per heavy atom. The van der Waals surface area contributed by atoms with Crippen LogP contribution in [0.25, 0.3) is 0 Å². The molecule has 0 unspecified atom stereocenters. The molecule has 0 aliphatic rings. The standard InChI is InChI=1S/C20H20N6O4/c21-17(28)16-18(24-15(27)11-22-20(29)30)25-26(12-13-7-3-1-4-8-13)19(16)23-14-9-5-2-6-10-14/h1-10,22-23H,11-12H2,(H2,21,28)(H,29,30)(H,24,25,27). The van der Waals surface area contributed by atoms with Gasteiger partial charge in [-0.25, -0.2) is 9.48 Å². The quantitative estimate of drug-likeness (QED) is 0.384. The SMILES string of the molecule is NC(=O)c1c(NC(=O)CNC(=O)O)nn(Cc2ccccc2)c1Nc1ccccc1. The van der Waals surface area contributed by atoms with E-state index in [1.54, 1.807) is 12.1 Å². The van der Waals surface area contributed by atoms with Crippen LogP contribution in [0.3, 0.4) is 0 Å². The number of amides is 3. The molecule has 0 saturated carbocycles. The van der Waals surface area contributed by atoms with Gasteiger partial charge in [-0.05, 0) is 17.7 Å². The van der Waals surface area contributed by atoms with Crippen LogP contribution < -0.4 is 21.7 Å². The minimum absolute atomic E-state index is 0.0153. The molecule has 10 heteroatoms. The zero-order valence-electron chi connectivity index (χ0n) is 15.8. The number of rotatable bonds is 8. The molecular formula is C20H20N6O4. The number of para-hydroxylation sites is 1. The van der Waals surface area contributed by atoms with Crippen molar-refractivity contribution in [2.75, 3.05) is 17.2 Å². The molecule has 30 heavy (non-hydrogen) atoms. The minimum Gasteiger partial charge on any atom is -0.465 e. The Kier molecular flexibility index (Phi) is 6.28. The van der Waals surface area contributed by atoms with E-state index in [2.05, 4.69) is 15.7 Å². The van der Waals surface area contributed by atoms with Crippen molar-refractivity contribution in [1.29, 1.82) is 0 Å². The number of primary amides is 1. The molecule has 154 valence electrons. The van der Waals surface area contributed by atoms with Crippen LogP contribution in [0, 0.1) is 0 Å². The monoisotopic (exact) mass is 408 g/mol. The molecule has 6 N–H and O–H groups in total. The number of nitrogens with zero attached hydrogens (tertiary/aromatic N) is 2. The summed E-state index contributed by atoms with van der Waals surface area (Å²) in [5, 5.41) is 20.5. The fourth-order valence-electron chi connectivity index (χ4n) is 2.77. The first-order valence-corrected chi connectivity index (χ1v) is 8.97. The molecule has 2 aromatic carbocycles. The van der Waals surface area contributed by atoms with Crippen LogP contribution in [0.1, 0.15) is 15.9 Å². The van der Waals surface area contributed by atoms with Crippen LogP contribution >= 0.6 is 0 Å². The Morgan fingerprint density at radius 1 is 1.00 bits per heavy atom. The molecule has 0 bridgehead atoms. The smallest absolute Gasteiger partial charge is 0.405 e. The normalized spacial score (nSPS) is 10.3. The average molecular weight is 408 g/mol. The van der Waals surface area contributed by atoms with Crippen molar-refractivity contribution in [2.24, 2.45) is 5.73 Å². The van der Waals surface area contributed by atoms with Crippen LogP contribution in [0.2, 0.25) is 0 Å². The van der Waals surface area contributed by atoms with Crippen molar-refractivity contribution in [3.05, 3.63) is 71.8 Å². The van der Waals surface area contributed by atoms with E-state index in [1.165, 1.54) is 4.68 Å². The zero-order chi connectivity index (χ0) is 21.5. The predicted octanol–water partition coefficient (Wildman–Crippen LogP) is 1.98. The molecule has 0 spiro atoms. The lowest BCUT2D eigenvalue weighted by molar-refractivity contribution is -0.115. The van der Waals surface area contributed by atoms with Crippen molar-refractivity contribution in [3.63, 3.8) is 0 Å². The number of carbonyl (C=O) groups excluding carboxylic acids is 2. The summed E-state index contributed by atoms with van der Waals surface area (Å²) >= 11 is 0. The predicted molar refractivity (Wildman–Crippen MR) is 111 cm³/mol. The van der Waals surface area contributed by atoms with Crippen LogP contribution in [-0.2, 0) is 11.3 Å². The van der Waals surface area contributed by atoms with E-state index in [9.17, 15) is 14.4 Å². The molecular weight excluding hydrogens is 388 g/mol. The van der Waals surface area contributed by atoms with Gasteiger partial charge >= 0.3 is 6.09 Å². The van der Waals surface area contributed by atoms with E-state index in [0.29, 0.717) is 18.1 Å². The summed E-state index contributed by atoms with van der Waals surface area (Å²) in [7, 11) is 0. The molecule has 1 heterocycles. The molecule has 0 fully saturated rings. The Morgan fingerprint density at radius 3 is 2.23 bits per heavy atom. The summed E-state index contributed by atoms with van der Waals surface area (Å²) in [5.74, 6) is -1.24. The van der Waals surface area contributed by atoms with Crippen molar-refractivity contribution in [3.8, 4) is 0 Å². The van der Waals surface area contributed by atoms with E-state index in [4.69, 9.17) is 10.8 Å². The molecule has 0 saturated heterocycles. The first kappa shape index (κ1) is 20.4. The van der Waals surface area contributed by atoms with E-state index in [1.807, 2.05) is 53.8 Å². The third-order valence-corrected chi connectivity index (χ3v) is 4.07. The van der Waals surface area contributed by atoms with Gasteiger partial charge in [0.2, 0.25) is 5.91 Å². The van der Waals surface area contributed by atoms with Gasteiger partial charge in [-0.2, -0.15) is 5.10 Å². The minimum atomic E-state index is -1.35. The fourth-order valence-corrected chi connectivity index (χ4v) is 2.77. The molecule has 0 radical (unpaired) electrons. The van der Waals surface area contributed by atoms with Crippen LogP contribution in [-0.4, -0.2) is 39.3 Å². The summed E-state index contributed by atoms with van der Waals surface area (Å²) in [6.45, 7) is -0.194. The maximum atomic E-state index is 12.2. The van der Waals surface area contributed by atoms with Crippen molar-refractivity contribution in [2.45, 2.75) is 6.54 Å². The molecule has 0 aliphatic heterocycles. The third-order valence-electron chi connectivity index (χ3n) is 4.07. The van der Waals surface area contributed by atoms with Crippen LogP contribution in [0.5, 0.6) is 0 Å². The Bertz CT molecular complexity index is 1050. The third kappa shape index (κ3) is 5.13. The number of hydrogen-bond acceptors (Lipinski definition) is 5. The lowest BCUT2D eigenvalue weighted by Crippen LogP contribution is -2.32. The van der Waals surface area contributed by atoms with Crippen molar-refractivity contribution < 1.29 is 19.5 Å². The van der Waals surface area contributed by atoms with Crippen LogP contribution in [0.4, 0.5) is 22.1 Å². The number of nitrogens with one attached hydrogen (secondary N) is 3. The molecule has 3 amide bonds. The van der Waals surface area contributed by atoms with E-state index in [-0.39, 0.29) is 11.4 Å². The summed E-state index contributed by atoms with van der Waals surface area (Å²) in [4.78, 5) is 34.9. The van der Waals surface area contributed by atoms with Gasteiger partial charge in [-0.3, -0.25) is 9.59 Å². The molecule has 3 rings (SSSR count). The highest BCUT2D eigenvalue weighted by Gasteiger charge is 2.24. The highest BCUT2D eigenvalue weighted by molar-refractivity contribution is 6.06. The Balaban J connectivity index is 1.99. The lowest BCUT2D eigenvalue weighted by atomic mass is 10.2. The number of benzene rings is 2. The maximum Gasteiger partial charge on any atom is 0.405 e. The number of hydrogen-bond donors (Lipinski definition) is 5.